The van der Waals surface area contributed by atoms with Crippen molar-refractivity contribution in [2.45, 2.75) is 63.3 Å². The van der Waals surface area contributed by atoms with Crippen LogP contribution in [0.4, 0.5) is 0 Å². The zero-order valence-corrected chi connectivity index (χ0v) is 17.6. The van der Waals surface area contributed by atoms with Gasteiger partial charge in [-0.2, -0.15) is 4.31 Å². The molecule has 7 heteroatoms. The van der Waals surface area contributed by atoms with Gasteiger partial charge in [0, 0.05) is 37.2 Å². The third-order valence-electron chi connectivity index (χ3n) is 6.08. The highest BCUT2D eigenvalue weighted by atomic mass is 32.2. The maximum Gasteiger partial charge on any atom is 0.243 e. The highest BCUT2D eigenvalue weighted by molar-refractivity contribution is 7.89. The van der Waals surface area contributed by atoms with Crippen molar-refractivity contribution < 1.29 is 18.0 Å². The number of nitrogens with zero attached hydrogens (tertiary/aromatic N) is 2. The molecule has 1 aromatic rings. The van der Waals surface area contributed by atoms with Crippen LogP contribution >= 0.6 is 0 Å². The average Bonchev–Trinajstić information content (AvgIpc) is 2.73. The van der Waals surface area contributed by atoms with Crippen molar-refractivity contribution in [3.63, 3.8) is 0 Å². The first-order valence-electron chi connectivity index (χ1n) is 10.3. The van der Waals surface area contributed by atoms with Crippen LogP contribution in [0, 0.1) is 5.92 Å². The van der Waals surface area contributed by atoms with Crippen LogP contribution in [-0.2, 0) is 14.8 Å². The first kappa shape index (κ1) is 21.0. The minimum Gasteiger partial charge on any atom is -0.339 e. The number of carbonyl (C=O) groups excluding carboxylic acids is 2. The van der Waals surface area contributed by atoms with E-state index in [0.717, 1.165) is 25.8 Å². The van der Waals surface area contributed by atoms with Gasteiger partial charge in [-0.1, -0.05) is 19.1 Å². The van der Waals surface area contributed by atoms with E-state index in [4.69, 9.17) is 0 Å². The van der Waals surface area contributed by atoms with Crippen LogP contribution < -0.4 is 0 Å². The van der Waals surface area contributed by atoms with Gasteiger partial charge in [-0.3, -0.25) is 9.59 Å². The fraction of sp³-hybridized carbons (Fsp3) is 0.619. The SMILES string of the molecule is CCC1CCCCN1C(=O)C1CCN(S(=O)(=O)c2ccc(C(C)=O)cc2)CC1. The van der Waals surface area contributed by atoms with E-state index in [1.54, 1.807) is 12.1 Å². The van der Waals surface area contributed by atoms with Gasteiger partial charge in [0.1, 0.15) is 0 Å². The van der Waals surface area contributed by atoms with E-state index < -0.39 is 10.0 Å². The standard InChI is InChI=1S/C21H30N2O4S/c1-3-19-6-4-5-13-23(19)21(25)18-11-14-22(15-12-18)28(26,27)20-9-7-17(8-10-20)16(2)24/h7-10,18-19H,3-6,11-15H2,1-2H3. The van der Waals surface area contributed by atoms with E-state index in [0.29, 0.717) is 37.5 Å². The monoisotopic (exact) mass is 406 g/mol. The van der Waals surface area contributed by atoms with Gasteiger partial charge in [-0.05, 0) is 57.6 Å². The number of carbonyl (C=O) groups is 2. The summed E-state index contributed by atoms with van der Waals surface area (Å²) in [6.07, 6.45) is 5.43. The highest BCUT2D eigenvalue weighted by Gasteiger charge is 2.36. The van der Waals surface area contributed by atoms with E-state index >= 15 is 0 Å². The molecule has 0 spiro atoms. The predicted octanol–water partition coefficient (Wildman–Crippen LogP) is 3.08. The number of Topliss-reactive ketones (excluding diaryl/α,β-unsaturated/α-hetero) is 1. The van der Waals surface area contributed by atoms with Gasteiger partial charge in [-0.15, -0.1) is 0 Å². The van der Waals surface area contributed by atoms with E-state index in [1.165, 1.54) is 29.8 Å². The normalized spacial score (nSPS) is 22.2. The number of hydrogen-bond donors (Lipinski definition) is 0. The van der Waals surface area contributed by atoms with Crippen LogP contribution in [-0.4, -0.2) is 55.0 Å². The van der Waals surface area contributed by atoms with Crippen molar-refractivity contribution in [1.29, 1.82) is 0 Å². The molecule has 2 aliphatic rings. The van der Waals surface area contributed by atoms with Crippen molar-refractivity contribution in [1.82, 2.24) is 9.21 Å². The van der Waals surface area contributed by atoms with E-state index in [1.807, 2.05) is 4.90 Å². The summed E-state index contributed by atoms with van der Waals surface area (Å²) in [7, 11) is -3.60. The summed E-state index contributed by atoms with van der Waals surface area (Å²) in [5, 5.41) is 0. The van der Waals surface area contributed by atoms with Crippen molar-refractivity contribution in [2.24, 2.45) is 5.92 Å². The molecule has 1 unspecified atom stereocenters. The van der Waals surface area contributed by atoms with Crippen molar-refractivity contribution >= 4 is 21.7 Å². The number of amides is 1. The molecule has 6 nitrogen and oxygen atoms in total. The van der Waals surface area contributed by atoms with Crippen molar-refractivity contribution in [3.8, 4) is 0 Å². The molecular weight excluding hydrogens is 376 g/mol. The summed E-state index contributed by atoms with van der Waals surface area (Å²) in [4.78, 5) is 26.6. The zero-order valence-electron chi connectivity index (χ0n) is 16.8. The Hall–Kier alpha value is -1.73. The van der Waals surface area contributed by atoms with E-state index in [-0.39, 0.29) is 22.5 Å². The maximum atomic E-state index is 13.0. The first-order chi connectivity index (χ1) is 13.3. The highest BCUT2D eigenvalue weighted by Crippen LogP contribution is 2.28. The summed E-state index contributed by atoms with van der Waals surface area (Å²) in [5.41, 5.74) is 0.496. The Kier molecular flexibility index (Phi) is 6.55. The molecule has 0 bridgehead atoms. The molecule has 2 fully saturated rings. The molecule has 2 saturated heterocycles. The molecular formula is C21H30N2O4S. The number of sulfonamides is 1. The molecule has 1 aromatic carbocycles. The lowest BCUT2D eigenvalue weighted by Crippen LogP contribution is -2.49. The van der Waals surface area contributed by atoms with Gasteiger partial charge in [0.2, 0.25) is 15.9 Å². The Bertz CT molecular complexity index is 811. The molecule has 0 aliphatic carbocycles. The molecule has 28 heavy (non-hydrogen) atoms. The van der Waals surface area contributed by atoms with E-state index in [9.17, 15) is 18.0 Å². The summed E-state index contributed by atoms with van der Waals surface area (Å²) < 4.78 is 27.2. The Morgan fingerprint density at radius 2 is 1.64 bits per heavy atom. The van der Waals surface area contributed by atoms with Gasteiger partial charge in [0.15, 0.2) is 5.78 Å². The molecule has 0 N–H and O–H groups in total. The van der Waals surface area contributed by atoms with Crippen LogP contribution in [0.5, 0.6) is 0 Å². The van der Waals surface area contributed by atoms with E-state index in [2.05, 4.69) is 6.92 Å². The Labute approximate surface area is 167 Å². The van der Waals surface area contributed by atoms with Crippen LogP contribution in [0.3, 0.4) is 0 Å². The molecule has 2 aliphatic heterocycles. The molecule has 1 atom stereocenters. The second-order valence-corrected chi connectivity index (χ2v) is 9.79. The third-order valence-corrected chi connectivity index (χ3v) is 8.00. The summed E-state index contributed by atoms with van der Waals surface area (Å²) >= 11 is 0. The number of ketones is 1. The summed E-state index contributed by atoms with van der Waals surface area (Å²) in [6.45, 7) is 5.13. The predicted molar refractivity (Wildman–Crippen MR) is 108 cm³/mol. The Morgan fingerprint density at radius 3 is 2.21 bits per heavy atom. The molecule has 0 radical (unpaired) electrons. The van der Waals surface area contributed by atoms with Crippen molar-refractivity contribution in [2.75, 3.05) is 19.6 Å². The lowest BCUT2D eigenvalue weighted by molar-refractivity contribution is -0.140. The van der Waals surface area contributed by atoms with Crippen LogP contribution in [0.25, 0.3) is 0 Å². The van der Waals surface area contributed by atoms with Gasteiger partial charge in [0.05, 0.1) is 4.90 Å². The number of hydrogen-bond acceptors (Lipinski definition) is 4. The van der Waals surface area contributed by atoms with Gasteiger partial charge >= 0.3 is 0 Å². The zero-order chi connectivity index (χ0) is 20.3. The molecule has 154 valence electrons. The first-order valence-corrected chi connectivity index (χ1v) is 11.7. The minimum absolute atomic E-state index is 0.0845. The van der Waals surface area contributed by atoms with Gasteiger partial charge < -0.3 is 4.90 Å². The number of benzene rings is 1. The Balaban J connectivity index is 1.64. The molecule has 1 amide bonds. The van der Waals surface area contributed by atoms with Crippen LogP contribution in [0.1, 0.15) is 62.7 Å². The smallest absolute Gasteiger partial charge is 0.243 e. The second kappa shape index (κ2) is 8.74. The summed E-state index contributed by atoms with van der Waals surface area (Å²) in [6, 6.07) is 6.41. The Morgan fingerprint density at radius 1 is 1.00 bits per heavy atom. The molecule has 0 aromatic heterocycles. The number of rotatable bonds is 5. The minimum atomic E-state index is -3.60. The molecule has 2 heterocycles. The third kappa shape index (κ3) is 4.30. The largest absolute Gasteiger partial charge is 0.339 e. The van der Waals surface area contributed by atoms with Gasteiger partial charge in [-0.25, -0.2) is 8.42 Å². The van der Waals surface area contributed by atoms with Crippen molar-refractivity contribution in [3.05, 3.63) is 29.8 Å². The lowest BCUT2D eigenvalue weighted by atomic mass is 9.92. The number of likely N-dealkylation sites (tertiary alicyclic amines) is 1. The van der Waals surface area contributed by atoms with Crippen LogP contribution in [0.15, 0.2) is 29.2 Å². The molecule has 0 saturated carbocycles. The van der Waals surface area contributed by atoms with Crippen LogP contribution in [0.2, 0.25) is 0 Å². The van der Waals surface area contributed by atoms with Gasteiger partial charge in [0.25, 0.3) is 0 Å². The lowest BCUT2D eigenvalue weighted by Gasteiger charge is -2.39. The quantitative estimate of drug-likeness (QED) is 0.704. The fourth-order valence-electron chi connectivity index (χ4n) is 4.30. The second-order valence-electron chi connectivity index (χ2n) is 7.85. The fourth-order valence-corrected chi connectivity index (χ4v) is 5.77. The molecule has 3 rings (SSSR count). The average molecular weight is 407 g/mol. The summed E-state index contributed by atoms with van der Waals surface area (Å²) in [5.74, 6) is 0.0273. The topological polar surface area (TPSA) is 74.8 Å². The maximum absolute atomic E-state index is 13.0. The number of piperidine rings is 2.